The van der Waals surface area contributed by atoms with E-state index in [1.54, 1.807) is 0 Å². The highest BCUT2D eigenvalue weighted by molar-refractivity contribution is 5.93. The molecule has 0 radical (unpaired) electrons. The molecule has 148 valence electrons. The smallest absolute Gasteiger partial charge is 0.224 e. The van der Waals surface area contributed by atoms with Gasteiger partial charge in [-0.15, -0.1) is 0 Å². The van der Waals surface area contributed by atoms with Gasteiger partial charge in [-0.1, -0.05) is 18.2 Å². The number of hydrogen-bond acceptors (Lipinski definition) is 3. The molecule has 2 aromatic carbocycles. The largest absolute Gasteiger partial charge is 0.370 e. The van der Waals surface area contributed by atoms with Gasteiger partial charge in [0.1, 0.15) is 6.07 Å². The number of nitriles is 1. The number of nitrogens with one attached hydrogen (secondary N) is 1. The van der Waals surface area contributed by atoms with Crippen molar-refractivity contribution in [3.8, 4) is 6.07 Å². The number of aromatic nitrogens is 1. The molecule has 1 N–H and O–H groups in total. The Kier molecular flexibility index (Phi) is 5.53. The number of amides is 1. The second-order valence-corrected chi connectivity index (χ2v) is 7.85. The SMILES string of the molecule is Cn1ccc2ccc(NC(=O)CCC3CCN(c4ccccc4C#N)CC3)cc21. The van der Waals surface area contributed by atoms with E-state index in [-0.39, 0.29) is 5.91 Å². The maximum absolute atomic E-state index is 12.4. The van der Waals surface area contributed by atoms with E-state index >= 15 is 0 Å². The lowest BCUT2D eigenvalue weighted by Gasteiger charge is -2.34. The van der Waals surface area contributed by atoms with Crippen LogP contribution in [0, 0.1) is 17.2 Å². The summed E-state index contributed by atoms with van der Waals surface area (Å²) in [6, 6.07) is 18.2. The van der Waals surface area contributed by atoms with Gasteiger partial charge in [-0.25, -0.2) is 0 Å². The molecule has 5 heteroatoms. The lowest BCUT2D eigenvalue weighted by atomic mass is 9.91. The highest BCUT2D eigenvalue weighted by Crippen LogP contribution is 2.28. The fourth-order valence-corrected chi connectivity index (χ4v) is 4.21. The summed E-state index contributed by atoms with van der Waals surface area (Å²) >= 11 is 0. The van der Waals surface area contributed by atoms with Gasteiger partial charge in [0.15, 0.2) is 0 Å². The third-order valence-electron chi connectivity index (χ3n) is 5.93. The fourth-order valence-electron chi connectivity index (χ4n) is 4.21. The molecule has 0 bridgehead atoms. The van der Waals surface area contributed by atoms with Crippen molar-refractivity contribution in [1.29, 1.82) is 5.26 Å². The molecular formula is C24H26N4O. The average Bonchev–Trinajstić information content (AvgIpc) is 3.13. The zero-order chi connectivity index (χ0) is 20.2. The molecule has 0 unspecified atom stereocenters. The number of fused-ring (bicyclic) bond motifs is 1. The van der Waals surface area contributed by atoms with Crippen LogP contribution in [0.3, 0.4) is 0 Å². The first-order valence-electron chi connectivity index (χ1n) is 10.2. The molecule has 3 aromatic rings. The molecule has 0 atom stereocenters. The van der Waals surface area contributed by atoms with E-state index in [1.807, 2.05) is 55.7 Å². The van der Waals surface area contributed by atoms with Crippen molar-refractivity contribution in [2.24, 2.45) is 13.0 Å². The number of anilines is 2. The van der Waals surface area contributed by atoms with Gasteiger partial charge in [-0.05, 0) is 60.9 Å². The van der Waals surface area contributed by atoms with Gasteiger partial charge in [-0.2, -0.15) is 5.26 Å². The average molecular weight is 386 g/mol. The Balaban J connectivity index is 1.27. The van der Waals surface area contributed by atoms with Gasteiger partial charge < -0.3 is 14.8 Å². The third kappa shape index (κ3) is 4.27. The first kappa shape index (κ1) is 19.1. The van der Waals surface area contributed by atoms with Crippen molar-refractivity contribution < 1.29 is 4.79 Å². The molecule has 1 saturated heterocycles. The van der Waals surface area contributed by atoms with Crippen molar-refractivity contribution in [2.75, 3.05) is 23.3 Å². The minimum Gasteiger partial charge on any atom is -0.370 e. The molecule has 0 spiro atoms. The number of hydrogen-bond donors (Lipinski definition) is 1. The summed E-state index contributed by atoms with van der Waals surface area (Å²) in [7, 11) is 2.01. The Hall–Kier alpha value is -3.26. The molecule has 2 heterocycles. The van der Waals surface area contributed by atoms with E-state index < -0.39 is 0 Å². The van der Waals surface area contributed by atoms with E-state index in [1.165, 1.54) is 5.39 Å². The number of nitrogens with zero attached hydrogens (tertiary/aromatic N) is 3. The zero-order valence-corrected chi connectivity index (χ0v) is 16.8. The summed E-state index contributed by atoms with van der Waals surface area (Å²) in [5.41, 5.74) is 3.74. The molecule has 1 aliphatic heterocycles. The number of carbonyl (C=O) groups is 1. The fraction of sp³-hybridized carbons (Fsp3) is 0.333. The van der Waals surface area contributed by atoms with Crippen molar-refractivity contribution in [3.05, 3.63) is 60.3 Å². The second-order valence-electron chi connectivity index (χ2n) is 7.85. The van der Waals surface area contributed by atoms with Gasteiger partial charge in [-0.3, -0.25) is 4.79 Å². The second kappa shape index (κ2) is 8.40. The first-order valence-corrected chi connectivity index (χ1v) is 10.2. The Bertz CT molecular complexity index is 1050. The molecule has 1 aromatic heterocycles. The highest BCUT2D eigenvalue weighted by Gasteiger charge is 2.21. The molecule has 4 rings (SSSR count). The lowest BCUT2D eigenvalue weighted by Crippen LogP contribution is -2.34. The van der Waals surface area contributed by atoms with Crippen molar-refractivity contribution in [3.63, 3.8) is 0 Å². The van der Waals surface area contributed by atoms with Gasteiger partial charge in [0, 0.05) is 44.0 Å². The predicted molar refractivity (Wildman–Crippen MR) is 117 cm³/mol. The van der Waals surface area contributed by atoms with Crippen LogP contribution in [0.25, 0.3) is 10.9 Å². The molecule has 29 heavy (non-hydrogen) atoms. The maximum atomic E-state index is 12.4. The van der Waals surface area contributed by atoms with Crippen LogP contribution >= 0.6 is 0 Å². The Morgan fingerprint density at radius 2 is 1.97 bits per heavy atom. The third-order valence-corrected chi connectivity index (χ3v) is 5.93. The Morgan fingerprint density at radius 1 is 1.17 bits per heavy atom. The topological polar surface area (TPSA) is 61.1 Å². The predicted octanol–water partition coefficient (Wildman–Crippen LogP) is 4.69. The summed E-state index contributed by atoms with van der Waals surface area (Å²) in [6.07, 6.45) is 5.60. The van der Waals surface area contributed by atoms with Gasteiger partial charge >= 0.3 is 0 Å². The lowest BCUT2D eigenvalue weighted by molar-refractivity contribution is -0.116. The van der Waals surface area contributed by atoms with Crippen molar-refractivity contribution >= 4 is 28.2 Å². The number of benzene rings is 2. The van der Waals surface area contributed by atoms with Crippen molar-refractivity contribution in [2.45, 2.75) is 25.7 Å². The number of piperidine rings is 1. The quantitative estimate of drug-likeness (QED) is 0.692. The summed E-state index contributed by atoms with van der Waals surface area (Å²) < 4.78 is 2.06. The van der Waals surface area contributed by atoms with Crippen LogP contribution in [0.4, 0.5) is 11.4 Å². The Labute approximate surface area is 171 Å². The molecule has 0 saturated carbocycles. The Morgan fingerprint density at radius 3 is 2.76 bits per heavy atom. The van der Waals surface area contributed by atoms with Crippen LogP contribution in [0.1, 0.15) is 31.2 Å². The zero-order valence-electron chi connectivity index (χ0n) is 16.8. The minimum atomic E-state index is 0.0795. The van der Waals surface area contributed by atoms with Gasteiger partial charge in [0.05, 0.1) is 11.3 Å². The summed E-state index contributed by atoms with van der Waals surface area (Å²) in [5.74, 6) is 0.636. The molecule has 1 amide bonds. The molecule has 1 fully saturated rings. The van der Waals surface area contributed by atoms with Crippen LogP contribution in [-0.2, 0) is 11.8 Å². The van der Waals surface area contributed by atoms with Gasteiger partial charge in [0.25, 0.3) is 0 Å². The van der Waals surface area contributed by atoms with Crippen LogP contribution < -0.4 is 10.2 Å². The minimum absolute atomic E-state index is 0.0795. The van der Waals surface area contributed by atoms with E-state index in [0.29, 0.717) is 12.3 Å². The molecular weight excluding hydrogens is 360 g/mol. The van der Waals surface area contributed by atoms with Crippen LogP contribution in [0.15, 0.2) is 54.7 Å². The molecule has 5 nitrogen and oxygen atoms in total. The molecule has 0 aliphatic carbocycles. The number of rotatable bonds is 5. The van der Waals surface area contributed by atoms with E-state index in [9.17, 15) is 10.1 Å². The van der Waals surface area contributed by atoms with E-state index in [0.717, 1.165) is 54.8 Å². The van der Waals surface area contributed by atoms with Crippen LogP contribution in [0.2, 0.25) is 0 Å². The summed E-state index contributed by atoms with van der Waals surface area (Å²) in [4.78, 5) is 14.7. The first-order chi connectivity index (χ1) is 14.1. The number of carbonyl (C=O) groups excluding carboxylic acids is 1. The van der Waals surface area contributed by atoms with E-state index in [2.05, 4.69) is 26.9 Å². The summed E-state index contributed by atoms with van der Waals surface area (Å²) in [6.45, 7) is 1.88. The summed E-state index contributed by atoms with van der Waals surface area (Å²) in [5, 5.41) is 13.5. The number of aryl methyl sites for hydroxylation is 1. The van der Waals surface area contributed by atoms with E-state index in [4.69, 9.17) is 0 Å². The highest BCUT2D eigenvalue weighted by atomic mass is 16.1. The number of para-hydroxylation sites is 1. The molecule has 1 aliphatic rings. The van der Waals surface area contributed by atoms with Crippen LogP contribution in [0.5, 0.6) is 0 Å². The van der Waals surface area contributed by atoms with Gasteiger partial charge in [0.2, 0.25) is 5.91 Å². The standard InChI is InChI=1S/C24H26N4O/c1-27-13-12-19-7-8-21(16-23(19)27)26-24(29)9-6-18-10-14-28(15-11-18)22-5-3-2-4-20(22)17-25/h2-5,7-8,12-13,16,18H,6,9-11,14-15H2,1H3,(H,26,29). The normalized spacial score (nSPS) is 14.7. The van der Waals surface area contributed by atoms with Crippen LogP contribution in [-0.4, -0.2) is 23.6 Å². The van der Waals surface area contributed by atoms with Crippen molar-refractivity contribution in [1.82, 2.24) is 4.57 Å². The monoisotopic (exact) mass is 386 g/mol. The maximum Gasteiger partial charge on any atom is 0.224 e.